The van der Waals surface area contributed by atoms with E-state index >= 15 is 0 Å². The van der Waals surface area contributed by atoms with Gasteiger partial charge < -0.3 is 10.2 Å². The fourth-order valence-corrected chi connectivity index (χ4v) is 6.29. The molecule has 3 rings (SSSR count). The first-order valence-corrected chi connectivity index (χ1v) is 15.9. The van der Waals surface area contributed by atoms with E-state index < -0.39 is 28.5 Å². The second kappa shape index (κ2) is 14.7. The summed E-state index contributed by atoms with van der Waals surface area (Å²) in [7, 11) is -4.13. The number of halogens is 2. The van der Waals surface area contributed by atoms with Crippen molar-refractivity contribution >= 4 is 50.7 Å². The molecule has 0 aliphatic carbocycles. The molecular formula is C31H37Cl2N3O4S. The van der Waals surface area contributed by atoms with Gasteiger partial charge in [0.2, 0.25) is 11.8 Å². The summed E-state index contributed by atoms with van der Waals surface area (Å²) < 4.78 is 28.9. The molecule has 41 heavy (non-hydrogen) atoms. The van der Waals surface area contributed by atoms with Crippen molar-refractivity contribution < 1.29 is 18.0 Å². The van der Waals surface area contributed by atoms with Crippen molar-refractivity contribution in [2.45, 2.75) is 58.0 Å². The van der Waals surface area contributed by atoms with Gasteiger partial charge in [0.25, 0.3) is 10.0 Å². The van der Waals surface area contributed by atoms with Crippen LogP contribution in [0.25, 0.3) is 0 Å². The van der Waals surface area contributed by atoms with Crippen LogP contribution in [0.5, 0.6) is 0 Å². The molecule has 0 radical (unpaired) electrons. The number of nitrogens with zero attached hydrogens (tertiary/aromatic N) is 2. The number of amides is 2. The summed E-state index contributed by atoms with van der Waals surface area (Å²) in [5.74, 6) is -0.690. The molecule has 0 unspecified atom stereocenters. The summed E-state index contributed by atoms with van der Waals surface area (Å²) in [6.45, 7) is 7.59. The van der Waals surface area contributed by atoms with Crippen LogP contribution in [-0.4, -0.2) is 44.3 Å². The maximum Gasteiger partial charge on any atom is 0.264 e. The van der Waals surface area contributed by atoms with E-state index in [9.17, 15) is 18.0 Å². The summed E-state index contributed by atoms with van der Waals surface area (Å²) in [6.07, 6.45) is 1.08. The molecule has 1 atom stereocenters. The summed E-state index contributed by atoms with van der Waals surface area (Å²) >= 11 is 12.9. The Labute approximate surface area is 253 Å². The first-order chi connectivity index (χ1) is 19.5. The number of hydrogen-bond donors (Lipinski definition) is 1. The summed E-state index contributed by atoms with van der Waals surface area (Å²) in [6, 6.07) is 19.1. The van der Waals surface area contributed by atoms with E-state index in [2.05, 4.69) is 5.32 Å². The smallest absolute Gasteiger partial charge is 0.264 e. The van der Waals surface area contributed by atoms with Crippen LogP contribution in [-0.2, 0) is 32.6 Å². The lowest BCUT2D eigenvalue weighted by Gasteiger charge is -2.33. The standard InChI is InChI=1S/C31H37Cl2N3O4S/c1-5-23-15-17-24(18-16-23)36(41(39,40)25-11-8-7-9-12-25)21-30(37)35(20-26-27(32)13-10-14-28(26)33)29(6-2)31(38)34-19-22(3)4/h7-18,22,29H,5-6,19-21H2,1-4H3,(H,34,38)/t29-/m0/s1. The molecule has 0 saturated carbocycles. The predicted octanol–water partition coefficient (Wildman–Crippen LogP) is 6.33. The zero-order valence-corrected chi connectivity index (χ0v) is 26.1. The molecule has 220 valence electrons. The van der Waals surface area contributed by atoms with E-state index in [4.69, 9.17) is 23.2 Å². The maximum atomic E-state index is 14.2. The zero-order valence-electron chi connectivity index (χ0n) is 23.8. The monoisotopic (exact) mass is 617 g/mol. The molecule has 0 heterocycles. The molecule has 10 heteroatoms. The van der Waals surface area contributed by atoms with E-state index in [0.717, 1.165) is 16.3 Å². The van der Waals surface area contributed by atoms with E-state index in [1.54, 1.807) is 55.5 Å². The molecule has 0 spiro atoms. The number of hydrogen-bond acceptors (Lipinski definition) is 4. The molecule has 0 saturated heterocycles. The highest BCUT2D eigenvalue weighted by Gasteiger charge is 2.34. The highest BCUT2D eigenvalue weighted by molar-refractivity contribution is 7.92. The average Bonchev–Trinajstić information content (AvgIpc) is 2.96. The van der Waals surface area contributed by atoms with Crippen LogP contribution in [0.4, 0.5) is 5.69 Å². The molecule has 0 aromatic heterocycles. The van der Waals surface area contributed by atoms with E-state index in [0.29, 0.717) is 34.3 Å². The topological polar surface area (TPSA) is 86.8 Å². The second-order valence-electron chi connectivity index (χ2n) is 10.1. The van der Waals surface area contributed by atoms with Gasteiger partial charge in [-0.2, -0.15) is 0 Å². The molecule has 0 fully saturated rings. The van der Waals surface area contributed by atoms with Crippen LogP contribution in [0, 0.1) is 5.92 Å². The van der Waals surface area contributed by atoms with Crippen molar-refractivity contribution in [3.05, 3.63) is 94.0 Å². The quantitative estimate of drug-likeness (QED) is 0.243. The van der Waals surface area contributed by atoms with Gasteiger partial charge in [0, 0.05) is 28.7 Å². The highest BCUT2D eigenvalue weighted by atomic mass is 35.5. The van der Waals surface area contributed by atoms with Crippen molar-refractivity contribution in [2.24, 2.45) is 5.92 Å². The average molecular weight is 619 g/mol. The van der Waals surface area contributed by atoms with Crippen molar-refractivity contribution in [1.29, 1.82) is 0 Å². The Morgan fingerprint density at radius 3 is 2.02 bits per heavy atom. The van der Waals surface area contributed by atoms with Gasteiger partial charge in [0.15, 0.2) is 0 Å². The van der Waals surface area contributed by atoms with Gasteiger partial charge in [-0.25, -0.2) is 8.42 Å². The number of anilines is 1. The van der Waals surface area contributed by atoms with Gasteiger partial charge in [0.05, 0.1) is 10.6 Å². The molecule has 3 aromatic carbocycles. The Morgan fingerprint density at radius 2 is 1.49 bits per heavy atom. The van der Waals surface area contributed by atoms with E-state index in [-0.39, 0.29) is 23.3 Å². The first-order valence-electron chi connectivity index (χ1n) is 13.7. The zero-order chi connectivity index (χ0) is 30.2. The summed E-state index contributed by atoms with van der Waals surface area (Å²) in [5.41, 5.74) is 1.84. The number of carbonyl (C=O) groups excluding carboxylic acids is 2. The van der Waals surface area contributed by atoms with Crippen LogP contribution < -0.4 is 9.62 Å². The molecule has 2 amide bonds. The third-order valence-electron chi connectivity index (χ3n) is 6.70. The predicted molar refractivity (Wildman–Crippen MR) is 166 cm³/mol. The molecule has 7 nitrogen and oxygen atoms in total. The van der Waals surface area contributed by atoms with Gasteiger partial charge in [-0.15, -0.1) is 0 Å². The number of nitrogens with one attached hydrogen (secondary N) is 1. The summed E-state index contributed by atoms with van der Waals surface area (Å²) in [4.78, 5) is 28.9. The van der Waals surface area contributed by atoms with Crippen molar-refractivity contribution in [3.8, 4) is 0 Å². The number of benzene rings is 3. The third-order valence-corrected chi connectivity index (χ3v) is 9.20. The minimum atomic E-state index is -4.13. The van der Waals surface area contributed by atoms with E-state index in [1.165, 1.54) is 17.0 Å². The molecule has 3 aromatic rings. The van der Waals surface area contributed by atoms with Crippen molar-refractivity contribution in [1.82, 2.24) is 10.2 Å². The van der Waals surface area contributed by atoms with Crippen molar-refractivity contribution in [3.63, 3.8) is 0 Å². The number of carbonyl (C=O) groups is 2. The van der Waals surface area contributed by atoms with Gasteiger partial charge in [-0.1, -0.05) is 87.3 Å². The van der Waals surface area contributed by atoms with Crippen LogP contribution >= 0.6 is 23.2 Å². The normalized spacial score (nSPS) is 12.2. The van der Waals surface area contributed by atoms with Gasteiger partial charge in [0.1, 0.15) is 12.6 Å². The Hall–Kier alpha value is -3.07. The van der Waals surface area contributed by atoms with Gasteiger partial charge in [-0.3, -0.25) is 13.9 Å². The molecule has 1 N–H and O–H groups in total. The van der Waals surface area contributed by atoms with Crippen LogP contribution in [0.1, 0.15) is 45.2 Å². The Kier molecular flexibility index (Phi) is 11.6. The lowest BCUT2D eigenvalue weighted by molar-refractivity contribution is -0.140. The first kappa shape index (κ1) is 32.4. The Balaban J connectivity index is 2.08. The van der Waals surface area contributed by atoms with Crippen LogP contribution in [0.15, 0.2) is 77.7 Å². The minimum absolute atomic E-state index is 0.0507. The largest absolute Gasteiger partial charge is 0.354 e. The SMILES string of the molecule is CCc1ccc(N(CC(=O)N(Cc2c(Cl)cccc2Cl)[C@@H](CC)C(=O)NCC(C)C)S(=O)(=O)c2ccccc2)cc1. The van der Waals surface area contributed by atoms with Crippen LogP contribution in [0.2, 0.25) is 10.0 Å². The number of aryl methyl sites for hydroxylation is 1. The lowest BCUT2D eigenvalue weighted by atomic mass is 10.1. The minimum Gasteiger partial charge on any atom is -0.354 e. The van der Waals surface area contributed by atoms with Crippen LogP contribution in [0.3, 0.4) is 0 Å². The fourth-order valence-electron chi connectivity index (χ4n) is 4.34. The number of rotatable bonds is 13. The lowest BCUT2D eigenvalue weighted by Crippen LogP contribution is -2.52. The van der Waals surface area contributed by atoms with Crippen molar-refractivity contribution in [2.75, 3.05) is 17.4 Å². The summed E-state index contributed by atoms with van der Waals surface area (Å²) in [5, 5.41) is 3.59. The van der Waals surface area contributed by atoms with Gasteiger partial charge >= 0.3 is 0 Å². The van der Waals surface area contributed by atoms with E-state index in [1.807, 2.05) is 32.9 Å². The molecule has 0 aliphatic rings. The fraction of sp³-hybridized carbons (Fsp3) is 0.355. The maximum absolute atomic E-state index is 14.2. The molecule has 0 aliphatic heterocycles. The molecular weight excluding hydrogens is 581 g/mol. The molecule has 0 bridgehead atoms. The highest BCUT2D eigenvalue weighted by Crippen LogP contribution is 2.29. The Morgan fingerprint density at radius 1 is 0.878 bits per heavy atom. The Bertz CT molecular complexity index is 1410. The van der Waals surface area contributed by atoms with Gasteiger partial charge in [-0.05, 0) is 60.7 Å². The number of sulfonamides is 1. The third kappa shape index (κ3) is 8.24. The second-order valence-corrected chi connectivity index (χ2v) is 12.8.